The van der Waals surface area contributed by atoms with E-state index in [-0.39, 0.29) is 18.5 Å². The molecule has 0 spiro atoms. The van der Waals surface area contributed by atoms with Crippen LogP contribution in [0.1, 0.15) is 46.2 Å². The Kier molecular flexibility index (Phi) is 7.50. The van der Waals surface area contributed by atoms with E-state index in [1.807, 2.05) is 37.3 Å². The van der Waals surface area contributed by atoms with Gasteiger partial charge in [0.05, 0.1) is 29.2 Å². The molecule has 3 rings (SSSR count). The molecule has 0 saturated heterocycles. The monoisotopic (exact) mass is 465 g/mol. The van der Waals surface area contributed by atoms with Crippen molar-refractivity contribution in [3.63, 3.8) is 0 Å². The molecule has 0 aliphatic heterocycles. The van der Waals surface area contributed by atoms with Crippen molar-refractivity contribution in [3.05, 3.63) is 95.6 Å². The van der Waals surface area contributed by atoms with Crippen molar-refractivity contribution in [2.45, 2.75) is 19.9 Å². The van der Waals surface area contributed by atoms with E-state index in [0.717, 1.165) is 11.8 Å². The number of nitrogens with zero attached hydrogens (tertiary/aromatic N) is 1. The third-order valence-electron chi connectivity index (χ3n) is 5.17. The van der Waals surface area contributed by atoms with Crippen LogP contribution in [-0.2, 0) is 10.0 Å². The minimum atomic E-state index is -3.41. The number of carbonyl (C=O) groups is 2. The van der Waals surface area contributed by atoms with Crippen LogP contribution in [0.25, 0.3) is 0 Å². The van der Waals surface area contributed by atoms with Crippen molar-refractivity contribution >= 4 is 33.2 Å². The molecule has 3 aromatic rings. The Bertz CT molecular complexity index is 1230. The summed E-state index contributed by atoms with van der Waals surface area (Å²) < 4.78 is 25.1. The van der Waals surface area contributed by atoms with E-state index in [0.29, 0.717) is 22.5 Å². The lowest BCUT2D eigenvalue weighted by molar-refractivity contribution is 0.0940. The van der Waals surface area contributed by atoms with Gasteiger partial charge in [0.25, 0.3) is 11.8 Å². The van der Waals surface area contributed by atoms with Gasteiger partial charge in [0.2, 0.25) is 10.0 Å². The van der Waals surface area contributed by atoms with Gasteiger partial charge in [0.1, 0.15) is 0 Å². The van der Waals surface area contributed by atoms with E-state index >= 15 is 0 Å². The van der Waals surface area contributed by atoms with Gasteiger partial charge in [-0.05, 0) is 55.8 Å². The van der Waals surface area contributed by atoms with Crippen LogP contribution >= 0.6 is 0 Å². The molecular weight excluding hydrogens is 438 g/mol. The summed E-state index contributed by atoms with van der Waals surface area (Å²) in [5.74, 6) is -0.704. The standard InChI is InChI=1S/C25H27N3O4S/c1-4-28(33(3,31)32)21-16-14-20(15-17-21)24(29)27-23-13-9-8-12-22(23)25(30)26-18(2)19-10-6-5-7-11-19/h5-18H,4H2,1-3H3,(H,26,30)(H,27,29). The Hall–Kier alpha value is -3.65. The number of sulfonamides is 1. The van der Waals surface area contributed by atoms with E-state index in [9.17, 15) is 18.0 Å². The maximum atomic E-state index is 12.9. The lowest BCUT2D eigenvalue weighted by Crippen LogP contribution is -2.29. The molecule has 0 bridgehead atoms. The summed E-state index contributed by atoms with van der Waals surface area (Å²) in [6.45, 7) is 3.92. The molecule has 2 N–H and O–H groups in total. The van der Waals surface area contributed by atoms with Gasteiger partial charge in [-0.25, -0.2) is 8.42 Å². The number of para-hydroxylation sites is 1. The summed E-state index contributed by atoms with van der Waals surface area (Å²) >= 11 is 0. The second kappa shape index (κ2) is 10.3. The summed E-state index contributed by atoms with van der Waals surface area (Å²) in [5, 5.41) is 5.74. The number of rotatable bonds is 8. The Morgan fingerprint density at radius 2 is 1.48 bits per heavy atom. The molecule has 1 atom stereocenters. The first-order valence-corrected chi connectivity index (χ1v) is 12.4. The van der Waals surface area contributed by atoms with Crippen LogP contribution in [-0.4, -0.2) is 33.0 Å². The van der Waals surface area contributed by atoms with Crippen LogP contribution in [0, 0.1) is 0 Å². The molecule has 33 heavy (non-hydrogen) atoms. The van der Waals surface area contributed by atoms with Crippen LogP contribution in [0.3, 0.4) is 0 Å². The largest absolute Gasteiger partial charge is 0.345 e. The molecule has 0 aliphatic rings. The van der Waals surface area contributed by atoms with Gasteiger partial charge in [0, 0.05) is 12.1 Å². The smallest absolute Gasteiger partial charge is 0.255 e. The highest BCUT2D eigenvalue weighted by molar-refractivity contribution is 7.92. The second-order valence-corrected chi connectivity index (χ2v) is 9.49. The third-order valence-corrected chi connectivity index (χ3v) is 6.44. The molecule has 172 valence electrons. The van der Waals surface area contributed by atoms with Gasteiger partial charge in [0.15, 0.2) is 0 Å². The van der Waals surface area contributed by atoms with Gasteiger partial charge in [-0.2, -0.15) is 0 Å². The molecule has 0 radical (unpaired) electrons. The summed E-state index contributed by atoms with van der Waals surface area (Å²) in [4.78, 5) is 25.7. The highest BCUT2D eigenvalue weighted by Crippen LogP contribution is 2.21. The first kappa shape index (κ1) is 24.0. The molecule has 3 aromatic carbocycles. The fourth-order valence-corrected chi connectivity index (χ4v) is 4.45. The fourth-order valence-electron chi connectivity index (χ4n) is 3.47. The molecule has 2 amide bonds. The molecule has 0 saturated carbocycles. The minimum Gasteiger partial charge on any atom is -0.345 e. The zero-order chi connectivity index (χ0) is 24.0. The van der Waals surface area contributed by atoms with E-state index in [4.69, 9.17) is 0 Å². The molecule has 1 unspecified atom stereocenters. The van der Waals surface area contributed by atoms with Gasteiger partial charge in [-0.1, -0.05) is 42.5 Å². The van der Waals surface area contributed by atoms with Gasteiger partial charge in [-0.3, -0.25) is 13.9 Å². The summed E-state index contributed by atoms with van der Waals surface area (Å²) in [7, 11) is -3.41. The van der Waals surface area contributed by atoms with Crippen molar-refractivity contribution in [1.29, 1.82) is 0 Å². The van der Waals surface area contributed by atoms with Gasteiger partial charge in [-0.15, -0.1) is 0 Å². The van der Waals surface area contributed by atoms with Crippen LogP contribution in [0.2, 0.25) is 0 Å². The highest BCUT2D eigenvalue weighted by atomic mass is 32.2. The third kappa shape index (κ3) is 5.98. The lowest BCUT2D eigenvalue weighted by atomic mass is 10.1. The topological polar surface area (TPSA) is 95.6 Å². The quantitative estimate of drug-likeness (QED) is 0.521. The Labute approximate surface area is 194 Å². The van der Waals surface area contributed by atoms with Crippen LogP contribution in [0.4, 0.5) is 11.4 Å². The lowest BCUT2D eigenvalue weighted by Gasteiger charge is -2.20. The Morgan fingerprint density at radius 1 is 0.879 bits per heavy atom. The summed E-state index contributed by atoms with van der Waals surface area (Å²) in [6, 6.07) is 22.5. The molecular formula is C25H27N3O4S. The van der Waals surface area contributed by atoms with E-state index in [1.54, 1.807) is 55.5 Å². The van der Waals surface area contributed by atoms with Gasteiger partial charge >= 0.3 is 0 Å². The summed E-state index contributed by atoms with van der Waals surface area (Å²) in [5.41, 5.74) is 2.53. The van der Waals surface area contributed by atoms with Gasteiger partial charge < -0.3 is 10.6 Å². The average Bonchev–Trinajstić information content (AvgIpc) is 2.80. The van der Waals surface area contributed by atoms with Crippen LogP contribution < -0.4 is 14.9 Å². The zero-order valence-corrected chi connectivity index (χ0v) is 19.6. The molecule has 7 nitrogen and oxygen atoms in total. The number of benzene rings is 3. The first-order chi connectivity index (χ1) is 15.7. The predicted molar refractivity (Wildman–Crippen MR) is 131 cm³/mol. The van der Waals surface area contributed by atoms with Crippen molar-refractivity contribution < 1.29 is 18.0 Å². The zero-order valence-electron chi connectivity index (χ0n) is 18.8. The predicted octanol–water partition coefficient (Wildman–Crippen LogP) is 4.22. The maximum absolute atomic E-state index is 12.9. The van der Waals surface area contributed by atoms with Crippen molar-refractivity contribution in [1.82, 2.24) is 5.32 Å². The Balaban J connectivity index is 1.75. The molecule has 0 heterocycles. The second-order valence-electron chi connectivity index (χ2n) is 7.58. The molecule has 0 aromatic heterocycles. The number of nitrogens with one attached hydrogen (secondary N) is 2. The van der Waals surface area contributed by atoms with E-state index in [2.05, 4.69) is 10.6 Å². The normalized spacial score (nSPS) is 12.0. The van der Waals surface area contributed by atoms with Crippen molar-refractivity contribution in [3.8, 4) is 0 Å². The SMILES string of the molecule is CCN(c1ccc(C(=O)Nc2ccccc2C(=O)NC(C)c2ccccc2)cc1)S(C)(=O)=O. The van der Waals surface area contributed by atoms with E-state index in [1.165, 1.54) is 4.31 Å². The van der Waals surface area contributed by atoms with Crippen molar-refractivity contribution in [2.75, 3.05) is 22.4 Å². The Morgan fingerprint density at radius 3 is 2.09 bits per heavy atom. The number of carbonyl (C=O) groups excluding carboxylic acids is 2. The van der Waals surface area contributed by atoms with E-state index < -0.39 is 15.9 Å². The van der Waals surface area contributed by atoms with Crippen LogP contribution in [0.15, 0.2) is 78.9 Å². The first-order valence-electron chi connectivity index (χ1n) is 10.5. The number of amides is 2. The number of anilines is 2. The highest BCUT2D eigenvalue weighted by Gasteiger charge is 2.18. The maximum Gasteiger partial charge on any atom is 0.255 e. The van der Waals surface area contributed by atoms with Crippen molar-refractivity contribution in [2.24, 2.45) is 0 Å². The summed E-state index contributed by atoms with van der Waals surface area (Å²) in [6.07, 6.45) is 1.14. The number of hydrogen-bond acceptors (Lipinski definition) is 4. The van der Waals surface area contributed by atoms with Crippen LogP contribution in [0.5, 0.6) is 0 Å². The molecule has 8 heteroatoms. The minimum absolute atomic E-state index is 0.202. The number of hydrogen-bond donors (Lipinski definition) is 2. The molecule has 0 fully saturated rings. The average molecular weight is 466 g/mol. The molecule has 0 aliphatic carbocycles. The fraction of sp³-hybridized carbons (Fsp3) is 0.200.